The van der Waals surface area contributed by atoms with Crippen LogP contribution in [0.25, 0.3) is 22.2 Å². The molecule has 216 valence electrons. The highest BCUT2D eigenvalue weighted by Crippen LogP contribution is 2.51. The molecule has 4 aromatic rings. The van der Waals surface area contributed by atoms with E-state index in [2.05, 4.69) is 4.98 Å². The van der Waals surface area contributed by atoms with Gasteiger partial charge in [-0.2, -0.15) is 0 Å². The van der Waals surface area contributed by atoms with Gasteiger partial charge in [0, 0.05) is 34.7 Å². The van der Waals surface area contributed by atoms with Crippen molar-refractivity contribution in [2.75, 3.05) is 13.7 Å². The number of hydrogen-bond donors (Lipinski definition) is 2. The predicted molar refractivity (Wildman–Crippen MR) is 155 cm³/mol. The molecule has 3 N–H and O–H groups in total. The third kappa shape index (κ3) is 4.76. The van der Waals surface area contributed by atoms with Crippen molar-refractivity contribution >= 4 is 34.2 Å². The lowest BCUT2D eigenvalue weighted by molar-refractivity contribution is -0.123. The molecule has 0 saturated heterocycles. The minimum atomic E-state index is -1.47. The number of fused-ring (bicyclic) bond motifs is 2. The average molecular weight is 590 g/mol. The van der Waals surface area contributed by atoms with E-state index in [0.29, 0.717) is 55.5 Å². The highest BCUT2D eigenvalue weighted by Gasteiger charge is 2.49. The first-order valence-electron chi connectivity index (χ1n) is 13.7. The van der Waals surface area contributed by atoms with Crippen LogP contribution in [0.1, 0.15) is 54.2 Å². The fraction of sp³-hybridized carbons (Fsp3) is 0.312. The summed E-state index contributed by atoms with van der Waals surface area (Å²) in [6.07, 6.45) is 3.14. The molecule has 1 amide bonds. The number of nitrogens with zero attached hydrogens (tertiary/aromatic N) is 2. The van der Waals surface area contributed by atoms with E-state index in [-0.39, 0.29) is 31.1 Å². The van der Waals surface area contributed by atoms with Gasteiger partial charge in [-0.25, -0.2) is 9.37 Å². The predicted octanol–water partition coefficient (Wildman–Crippen LogP) is 5.49. The molecule has 2 aromatic heterocycles. The number of ether oxygens (including phenoxy) is 2. The fourth-order valence-corrected chi connectivity index (χ4v) is 5.84. The Bertz CT molecular complexity index is 1740. The number of Topliss-reactive ketones (excluding diaryl/α,β-unsaturated/α-hetero) is 1. The number of amides is 1. The molecule has 3 heterocycles. The van der Waals surface area contributed by atoms with Crippen LogP contribution in [0, 0.1) is 11.7 Å². The lowest BCUT2D eigenvalue weighted by Gasteiger charge is -2.29. The maximum atomic E-state index is 13.8. The first kappa shape index (κ1) is 28.1. The molecular weight excluding hydrogens is 561 g/mol. The van der Waals surface area contributed by atoms with Crippen LogP contribution in [0.5, 0.6) is 11.5 Å². The average Bonchev–Trinajstić information content (AvgIpc) is 3.78. The molecule has 42 heavy (non-hydrogen) atoms. The minimum absolute atomic E-state index is 0.0139. The number of benzene rings is 2. The molecule has 1 saturated carbocycles. The van der Waals surface area contributed by atoms with E-state index in [1.807, 2.05) is 0 Å². The van der Waals surface area contributed by atoms with Gasteiger partial charge in [0.2, 0.25) is 5.91 Å². The van der Waals surface area contributed by atoms with Crippen molar-refractivity contribution in [3.63, 3.8) is 0 Å². The second-order valence-corrected chi connectivity index (χ2v) is 11.7. The molecule has 1 fully saturated rings. The van der Waals surface area contributed by atoms with Crippen LogP contribution in [0.4, 0.5) is 4.39 Å². The lowest BCUT2D eigenvalue weighted by atomic mass is 9.80. The summed E-state index contributed by atoms with van der Waals surface area (Å²) in [6, 6.07) is 12.5. The van der Waals surface area contributed by atoms with Crippen molar-refractivity contribution in [2.24, 2.45) is 11.7 Å². The zero-order valence-corrected chi connectivity index (χ0v) is 23.9. The first-order valence-corrected chi connectivity index (χ1v) is 14.0. The first-order chi connectivity index (χ1) is 20.0. The number of aromatic nitrogens is 2. The van der Waals surface area contributed by atoms with Crippen LogP contribution in [-0.2, 0) is 15.8 Å². The number of primary amides is 1. The Morgan fingerprint density at radius 3 is 2.62 bits per heavy atom. The Kier molecular flexibility index (Phi) is 6.90. The Labute approximate surface area is 246 Å². The van der Waals surface area contributed by atoms with Gasteiger partial charge >= 0.3 is 0 Å². The second-order valence-electron chi connectivity index (χ2n) is 11.3. The third-order valence-corrected chi connectivity index (χ3v) is 8.63. The van der Waals surface area contributed by atoms with Crippen molar-refractivity contribution in [3.05, 3.63) is 82.4 Å². The number of rotatable bonds is 9. The van der Waals surface area contributed by atoms with Crippen LogP contribution < -0.4 is 15.2 Å². The maximum Gasteiger partial charge on any atom is 0.231 e. The van der Waals surface area contributed by atoms with E-state index in [1.165, 1.54) is 25.4 Å². The van der Waals surface area contributed by atoms with Gasteiger partial charge in [-0.3, -0.25) is 14.6 Å². The van der Waals surface area contributed by atoms with Crippen molar-refractivity contribution in [1.29, 1.82) is 0 Å². The van der Waals surface area contributed by atoms with Crippen LogP contribution in [-0.4, -0.2) is 40.5 Å². The number of pyridine rings is 2. The van der Waals surface area contributed by atoms with Gasteiger partial charge in [0.1, 0.15) is 46.1 Å². The maximum absolute atomic E-state index is 13.8. The van der Waals surface area contributed by atoms with Gasteiger partial charge in [0.25, 0.3) is 0 Å². The van der Waals surface area contributed by atoms with Crippen LogP contribution in [0.15, 0.2) is 54.7 Å². The second kappa shape index (κ2) is 10.3. The summed E-state index contributed by atoms with van der Waals surface area (Å²) >= 11 is 6.14. The Balaban J connectivity index is 1.39. The molecule has 2 aliphatic rings. The van der Waals surface area contributed by atoms with E-state index in [4.69, 9.17) is 31.8 Å². The van der Waals surface area contributed by atoms with Crippen molar-refractivity contribution in [1.82, 2.24) is 9.97 Å². The smallest absolute Gasteiger partial charge is 0.231 e. The van der Waals surface area contributed by atoms with Crippen LogP contribution >= 0.6 is 11.6 Å². The minimum Gasteiger partial charge on any atom is -0.494 e. The monoisotopic (exact) mass is 589 g/mol. The number of carbonyl (C=O) groups excluding carboxylic acids is 2. The summed E-state index contributed by atoms with van der Waals surface area (Å²) in [5.74, 6) is -0.497. The highest BCUT2D eigenvalue weighted by atomic mass is 35.5. The molecule has 6 rings (SSSR count). The van der Waals surface area contributed by atoms with Crippen molar-refractivity contribution < 1.29 is 28.6 Å². The number of hydrogen-bond acceptors (Lipinski definition) is 7. The molecule has 0 bridgehead atoms. The number of nitrogens with two attached hydrogens (primary N) is 1. The lowest BCUT2D eigenvalue weighted by Crippen LogP contribution is -2.40. The van der Waals surface area contributed by atoms with Gasteiger partial charge < -0.3 is 20.3 Å². The number of aliphatic hydroxyl groups is 1. The molecule has 1 aliphatic carbocycles. The normalized spacial score (nSPS) is 19.2. The molecular formula is C32H29ClFN3O5. The van der Waals surface area contributed by atoms with E-state index in [0.717, 1.165) is 12.8 Å². The standard InChI is InChI=1S/C32H29ClFN3O5/c1-31(30(35)39)16-42-29-23(31)14-26(37-28(29)17-3-7-22(34)8-4-17)32(40,20-5-6-20)10-9-24(38)18-11-19-12-21(33)15-36-27(19)25(13-18)41-2/h3-4,7-8,11-15,20,40H,5-6,9-10,16H2,1-2H3,(H2,35,39)/t31-,32+/m0/s1. The molecule has 0 spiro atoms. The van der Waals surface area contributed by atoms with E-state index in [9.17, 15) is 19.1 Å². The molecule has 2 aromatic carbocycles. The van der Waals surface area contributed by atoms with Crippen molar-refractivity contribution in [3.8, 4) is 22.8 Å². The van der Waals surface area contributed by atoms with E-state index < -0.39 is 22.7 Å². The van der Waals surface area contributed by atoms with Crippen LogP contribution in [0.2, 0.25) is 5.02 Å². The largest absolute Gasteiger partial charge is 0.494 e. The van der Waals surface area contributed by atoms with Gasteiger partial charge in [-0.05, 0) is 80.6 Å². The number of ketones is 1. The molecule has 0 radical (unpaired) electrons. The fourth-order valence-electron chi connectivity index (χ4n) is 5.67. The topological polar surface area (TPSA) is 125 Å². The summed E-state index contributed by atoms with van der Waals surface area (Å²) in [6.45, 7) is 1.70. The van der Waals surface area contributed by atoms with E-state index in [1.54, 1.807) is 43.3 Å². The molecule has 10 heteroatoms. The SMILES string of the molecule is COc1cc(C(=O)CC[C@](O)(c2cc3c(c(-c4ccc(F)cc4)n2)OC[C@]3(C)C(N)=O)C2CC2)cc2cc(Cl)cnc12. The van der Waals surface area contributed by atoms with Gasteiger partial charge in [0.15, 0.2) is 5.78 Å². The summed E-state index contributed by atoms with van der Waals surface area (Å²) in [5.41, 5.74) is 5.94. The summed E-state index contributed by atoms with van der Waals surface area (Å²) in [7, 11) is 1.51. The number of methoxy groups -OCH3 is 1. The Morgan fingerprint density at radius 1 is 1.21 bits per heavy atom. The summed E-state index contributed by atoms with van der Waals surface area (Å²) in [4.78, 5) is 35.2. The number of carbonyl (C=O) groups is 2. The molecule has 2 atom stereocenters. The van der Waals surface area contributed by atoms with Crippen molar-refractivity contribution in [2.45, 2.75) is 43.6 Å². The quantitative estimate of drug-likeness (QED) is 0.247. The molecule has 8 nitrogen and oxygen atoms in total. The van der Waals surface area contributed by atoms with Gasteiger partial charge in [-0.1, -0.05) is 11.6 Å². The third-order valence-electron chi connectivity index (χ3n) is 8.42. The Morgan fingerprint density at radius 2 is 1.95 bits per heavy atom. The summed E-state index contributed by atoms with van der Waals surface area (Å²) < 4.78 is 25.2. The molecule has 0 unspecified atom stereocenters. The van der Waals surface area contributed by atoms with Gasteiger partial charge in [-0.15, -0.1) is 0 Å². The number of halogens is 2. The molecule has 1 aliphatic heterocycles. The zero-order chi connectivity index (χ0) is 29.8. The highest BCUT2D eigenvalue weighted by molar-refractivity contribution is 6.31. The Hall–Kier alpha value is -4.08. The zero-order valence-electron chi connectivity index (χ0n) is 23.1. The van der Waals surface area contributed by atoms with E-state index >= 15 is 0 Å². The summed E-state index contributed by atoms with van der Waals surface area (Å²) in [5, 5.41) is 13.3. The van der Waals surface area contributed by atoms with Gasteiger partial charge in [0.05, 0.1) is 17.8 Å². The van der Waals surface area contributed by atoms with Crippen LogP contribution in [0.3, 0.4) is 0 Å².